The fourth-order valence-corrected chi connectivity index (χ4v) is 4.48. The molecule has 3 heterocycles. The maximum Gasteiger partial charge on any atom is 0.236 e. The predicted molar refractivity (Wildman–Crippen MR) is 89.9 cm³/mol. The zero-order valence-electron chi connectivity index (χ0n) is 14.3. The quantitative estimate of drug-likeness (QED) is 0.797. The van der Waals surface area contributed by atoms with Gasteiger partial charge in [-0.15, -0.1) is 0 Å². The molecule has 1 amide bonds. The van der Waals surface area contributed by atoms with E-state index in [0.717, 1.165) is 13.1 Å². The first-order valence-electron chi connectivity index (χ1n) is 9.50. The zero-order chi connectivity index (χ0) is 15.4. The summed E-state index contributed by atoms with van der Waals surface area (Å²) in [6.07, 6.45) is 10.3. The van der Waals surface area contributed by atoms with Gasteiger partial charge >= 0.3 is 0 Å². The number of carbonyl (C=O) groups excluding carboxylic acids is 1. The van der Waals surface area contributed by atoms with Crippen LogP contribution < -0.4 is 0 Å². The van der Waals surface area contributed by atoms with Crippen molar-refractivity contribution in [1.29, 1.82) is 0 Å². The van der Waals surface area contributed by atoms with Crippen molar-refractivity contribution < 1.29 is 4.79 Å². The van der Waals surface area contributed by atoms with Crippen molar-refractivity contribution in [3.05, 3.63) is 0 Å². The van der Waals surface area contributed by atoms with Gasteiger partial charge in [0.2, 0.25) is 5.91 Å². The molecular weight excluding hydrogens is 274 g/mol. The van der Waals surface area contributed by atoms with Crippen molar-refractivity contribution >= 4 is 5.91 Å². The van der Waals surface area contributed by atoms with E-state index in [1.807, 2.05) is 0 Å². The van der Waals surface area contributed by atoms with E-state index in [0.29, 0.717) is 24.5 Å². The third-order valence-corrected chi connectivity index (χ3v) is 5.88. The van der Waals surface area contributed by atoms with Crippen LogP contribution in [-0.4, -0.2) is 72.0 Å². The molecule has 3 aliphatic heterocycles. The molecule has 3 rings (SSSR count). The van der Waals surface area contributed by atoms with Crippen LogP contribution in [0.5, 0.6) is 0 Å². The molecule has 0 N–H and O–H groups in total. The molecule has 4 nitrogen and oxygen atoms in total. The van der Waals surface area contributed by atoms with Gasteiger partial charge in [0, 0.05) is 25.2 Å². The average Bonchev–Trinajstić information content (AvgIpc) is 2.95. The Morgan fingerprint density at radius 2 is 1.68 bits per heavy atom. The van der Waals surface area contributed by atoms with E-state index in [-0.39, 0.29) is 0 Å². The molecular formula is C18H33N3O. The Kier molecular flexibility index (Phi) is 5.75. The summed E-state index contributed by atoms with van der Waals surface area (Å²) in [6, 6.07) is 1.06. The Bertz CT molecular complexity index is 367. The monoisotopic (exact) mass is 307 g/mol. The molecule has 3 fully saturated rings. The molecule has 0 saturated carbocycles. The Labute approximate surface area is 135 Å². The van der Waals surface area contributed by atoms with Gasteiger partial charge in [0.1, 0.15) is 0 Å². The van der Waals surface area contributed by atoms with Crippen LogP contribution in [0.15, 0.2) is 0 Å². The predicted octanol–water partition coefficient (Wildman–Crippen LogP) is 2.34. The normalized spacial score (nSPS) is 31.6. The van der Waals surface area contributed by atoms with Crippen LogP contribution >= 0.6 is 0 Å². The highest BCUT2D eigenvalue weighted by molar-refractivity contribution is 5.78. The highest BCUT2D eigenvalue weighted by Gasteiger charge is 2.31. The summed E-state index contributed by atoms with van der Waals surface area (Å²) in [5.74, 6) is 0.373. The minimum Gasteiger partial charge on any atom is -0.339 e. The highest BCUT2D eigenvalue weighted by atomic mass is 16.2. The fourth-order valence-electron chi connectivity index (χ4n) is 4.48. The van der Waals surface area contributed by atoms with Gasteiger partial charge in [0.15, 0.2) is 0 Å². The number of hydrogen-bond acceptors (Lipinski definition) is 3. The standard InChI is InChI=1S/C18H33N3O/c1-16-8-3-6-13-21(16)18(22)15-20-12-7-9-17(20)14-19-10-4-2-5-11-19/h16-17H,2-15H2,1H3. The van der Waals surface area contributed by atoms with Crippen molar-refractivity contribution in [2.75, 3.05) is 39.3 Å². The number of nitrogens with zero attached hydrogens (tertiary/aromatic N) is 3. The lowest BCUT2D eigenvalue weighted by Crippen LogP contribution is -2.49. The first kappa shape index (κ1) is 16.3. The molecule has 4 heteroatoms. The summed E-state index contributed by atoms with van der Waals surface area (Å²) in [5.41, 5.74) is 0. The second kappa shape index (κ2) is 7.78. The van der Waals surface area contributed by atoms with Gasteiger partial charge in [0.05, 0.1) is 6.54 Å². The van der Waals surface area contributed by atoms with Gasteiger partial charge in [0.25, 0.3) is 0 Å². The number of carbonyl (C=O) groups is 1. The van der Waals surface area contributed by atoms with Crippen LogP contribution in [0.1, 0.15) is 58.3 Å². The number of amides is 1. The van der Waals surface area contributed by atoms with E-state index in [1.54, 1.807) is 0 Å². The summed E-state index contributed by atoms with van der Waals surface area (Å²) in [4.78, 5) is 19.9. The minimum absolute atomic E-state index is 0.373. The molecule has 0 aromatic rings. The molecule has 2 atom stereocenters. The zero-order valence-corrected chi connectivity index (χ0v) is 14.3. The van der Waals surface area contributed by atoms with Gasteiger partial charge in [-0.3, -0.25) is 9.69 Å². The summed E-state index contributed by atoms with van der Waals surface area (Å²) in [7, 11) is 0. The number of piperidine rings is 2. The van der Waals surface area contributed by atoms with Gasteiger partial charge in [-0.1, -0.05) is 6.42 Å². The molecule has 2 unspecified atom stereocenters. The third-order valence-electron chi connectivity index (χ3n) is 5.88. The van der Waals surface area contributed by atoms with Crippen LogP contribution in [0, 0.1) is 0 Å². The van der Waals surface area contributed by atoms with E-state index in [4.69, 9.17) is 0 Å². The van der Waals surface area contributed by atoms with Gasteiger partial charge in [-0.2, -0.15) is 0 Å². The Hall–Kier alpha value is -0.610. The lowest BCUT2D eigenvalue weighted by molar-refractivity contribution is -0.136. The van der Waals surface area contributed by atoms with E-state index < -0.39 is 0 Å². The third kappa shape index (κ3) is 4.02. The SMILES string of the molecule is CC1CCCCN1C(=O)CN1CCCC1CN1CCCCC1. The number of hydrogen-bond donors (Lipinski definition) is 0. The van der Waals surface area contributed by atoms with Crippen LogP contribution in [-0.2, 0) is 4.79 Å². The molecule has 3 saturated heterocycles. The van der Waals surface area contributed by atoms with Crippen LogP contribution in [0.2, 0.25) is 0 Å². The van der Waals surface area contributed by atoms with Crippen molar-refractivity contribution in [1.82, 2.24) is 14.7 Å². The van der Waals surface area contributed by atoms with E-state index >= 15 is 0 Å². The van der Waals surface area contributed by atoms with Crippen LogP contribution in [0.25, 0.3) is 0 Å². The molecule has 0 spiro atoms. The molecule has 0 bridgehead atoms. The van der Waals surface area contributed by atoms with Crippen LogP contribution in [0.3, 0.4) is 0 Å². The maximum absolute atomic E-state index is 12.7. The van der Waals surface area contributed by atoms with Crippen LogP contribution in [0.4, 0.5) is 0 Å². The maximum atomic E-state index is 12.7. The van der Waals surface area contributed by atoms with Gasteiger partial charge < -0.3 is 9.80 Å². The molecule has 22 heavy (non-hydrogen) atoms. The fraction of sp³-hybridized carbons (Fsp3) is 0.944. The minimum atomic E-state index is 0.373. The van der Waals surface area contributed by atoms with Crippen molar-refractivity contribution in [2.24, 2.45) is 0 Å². The van der Waals surface area contributed by atoms with E-state index in [1.165, 1.54) is 71.0 Å². The molecule has 0 aromatic carbocycles. The Morgan fingerprint density at radius 1 is 0.909 bits per heavy atom. The largest absolute Gasteiger partial charge is 0.339 e. The summed E-state index contributed by atoms with van der Waals surface area (Å²) < 4.78 is 0. The number of likely N-dealkylation sites (tertiary alicyclic amines) is 3. The first-order chi connectivity index (χ1) is 10.7. The average molecular weight is 307 g/mol. The van der Waals surface area contributed by atoms with Crippen molar-refractivity contribution in [3.8, 4) is 0 Å². The lowest BCUT2D eigenvalue weighted by atomic mass is 10.0. The Balaban J connectivity index is 1.50. The topological polar surface area (TPSA) is 26.8 Å². The summed E-state index contributed by atoms with van der Waals surface area (Å²) in [5, 5.41) is 0. The van der Waals surface area contributed by atoms with Crippen molar-refractivity contribution in [3.63, 3.8) is 0 Å². The molecule has 0 aliphatic carbocycles. The van der Waals surface area contributed by atoms with E-state index in [2.05, 4.69) is 21.6 Å². The molecule has 0 radical (unpaired) electrons. The summed E-state index contributed by atoms with van der Waals surface area (Å²) in [6.45, 7) is 8.68. The second-order valence-electron chi connectivity index (χ2n) is 7.56. The number of rotatable bonds is 4. The molecule has 126 valence electrons. The Morgan fingerprint density at radius 3 is 2.45 bits per heavy atom. The smallest absolute Gasteiger partial charge is 0.236 e. The van der Waals surface area contributed by atoms with Crippen molar-refractivity contribution in [2.45, 2.75) is 70.4 Å². The lowest BCUT2D eigenvalue weighted by Gasteiger charge is -2.36. The highest BCUT2D eigenvalue weighted by Crippen LogP contribution is 2.22. The van der Waals surface area contributed by atoms with E-state index in [9.17, 15) is 4.79 Å². The second-order valence-corrected chi connectivity index (χ2v) is 7.56. The molecule has 0 aromatic heterocycles. The first-order valence-corrected chi connectivity index (χ1v) is 9.50. The van der Waals surface area contributed by atoms with Gasteiger partial charge in [-0.05, 0) is 71.5 Å². The van der Waals surface area contributed by atoms with Gasteiger partial charge in [-0.25, -0.2) is 0 Å². The summed E-state index contributed by atoms with van der Waals surface area (Å²) >= 11 is 0. The molecule has 3 aliphatic rings.